The summed E-state index contributed by atoms with van der Waals surface area (Å²) in [5.41, 5.74) is 3.33. The average molecular weight is 505 g/mol. The minimum atomic E-state index is 0. The number of ether oxygens (including phenoxy) is 1. The molecule has 0 atom stereocenters. The maximum Gasteiger partial charge on any atom is 0.218 e. The summed E-state index contributed by atoms with van der Waals surface area (Å²) in [6, 6.07) is 18.2. The number of aliphatic imine (C=N–C) groups is 1. The first-order chi connectivity index (χ1) is 13.7. The van der Waals surface area contributed by atoms with Gasteiger partial charge in [0.1, 0.15) is 6.61 Å². The Bertz CT molecular complexity index is 910. The fraction of sp³-hybridized carbons (Fsp3) is 0.273. The van der Waals surface area contributed by atoms with Crippen LogP contribution in [0.3, 0.4) is 0 Å². The summed E-state index contributed by atoms with van der Waals surface area (Å²) in [6.07, 6.45) is 3.80. The molecule has 0 bridgehead atoms. The molecule has 0 aliphatic heterocycles. The zero-order valence-corrected chi connectivity index (χ0v) is 19.4. The van der Waals surface area contributed by atoms with Crippen molar-refractivity contribution >= 4 is 29.9 Å². The van der Waals surface area contributed by atoms with Crippen molar-refractivity contribution in [3.63, 3.8) is 0 Å². The second-order valence-electron chi connectivity index (χ2n) is 6.61. The zero-order chi connectivity index (χ0) is 19.8. The Hall–Kier alpha value is -2.55. The fourth-order valence-corrected chi connectivity index (χ4v) is 2.95. The van der Waals surface area contributed by atoms with Crippen LogP contribution in [0.25, 0.3) is 0 Å². The van der Waals surface area contributed by atoms with Gasteiger partial charge < -0.3 is 19.5 Å². The highest BCUT2D eigenvalue weighted by molar-refractivity contribution is 14.0. The number of aryl methyl sites for hydroxylation is 1. The number of hydrogen-bond acceptors (Lipinski definition) is 3. The van der Waals surface area contributed by atoms with Crippen LogP contribution in [0, 0.1) is 0 Å². The fourth-order valence-electron chi connectivity index (χ4n) is 2.95. The van der Waals surface area contributed by atoms with Gasteiger partial charge >= 0.3 is 0 Å². The molecular formula is C22H28IN5O. The smallest absolute Gasteiger partial charge is 0.218 e. The molecule has 0 spiro atoms. The van der Waals surface area contributed by atoms with Crippen molar-refractivity contribution < 1.29 is 4.74 Å². The van der Waals surface area contributed by atoms with Crippen LogP contribution in [-0.4, -0.2) is 34.5 Å². The molecule has 29 heavy (non-hydrogen) atoms. The number of guanidine groups is 1. The first-order valence-electron chi connectivity index (χ1n) is 9.30. The van der Waals surface area contributed by atoms with Gasteiger partial charge in [0, 0.05) is 51.3 Å². The van der Waals surface area contributed by atoms with Gasteiger partial charge in [-0.25, -0.2) is 4.98 Å². The van der Waals surface area contributed by atoms with E-state index in [-0.39, 0.29) is 24.0 Å². The Balaban J connectivity index is 0.00000300. The lowest BCUT2D eigenvalue weighted by atomic mass is 10.2. The summed E-state index contributed by atoms with van der Waals surface area (Å²) >= 11 is 0. The molecule has 6 nitrogen and oxygen atoms in total. The maximum atomic E-state index is 5.94. The van der Waals surface area contributed by atoms with Crippen molar-refractivity contribution in [3.05, 3.63) is 83.8 Å². The minimum absolute atomic E-state index is 0. The molecule has 0 radical (unpaired) electrons. The first kappa shape index (κ1) is 22.7. The normalized spacial score (nSPS) is 10.9. The van der Waals surface area contributed by atoms with Crippen molar-refractivity contribution in [1.82, 2.24) is 19.8 Å². The largest absolute Gasteiger partial charge is 0.473 e. The molecular weight excluding hydrogens is 477 g/mol. The van der Waals surface area contributed by atoms with E-state index < -0.39 is 0 Å². The zero-order valence-electron chi connectivity index (χ0n) is 17.1. The Kier molecular flexibility index (Phi) is 8.98. The van der Waals surface area contributed by atoms with Crippen molar-refractivity contribution in [1.29, 1.82) is 0 Å². The minimum Gasteiger partial charge on any atom is -0.473 e. The molecule has 0 fully saturated rings. The first-order valence-corrected chi connectivity index (χ1v) is 9.30. The van der Waals surface area contributed by atoms with E-state index in [4.69, 9.17) is 4.74 Å². The summed E-state index contributed by atoms with van der Waals surface area (Å²) < 4.78 is 8.05. The molecule has 3 aromatic rings. The molecule has 3 rings (SSSR count). The molecule has 0 amide bonds. The van der Waals surface area contributed by atoms with Gasteiger partial charge in [-0.05, 0) is 23.8 Å². The third kappa shape index (κ3) is 6.49. The van der Waals surface area contributed by atoms with Gasteiger partial charge in [-0.2, -0.15) is 0 Å². The van der Waals surface area contributed by atoms with E-state index in [9.17, 15) is 0 Å². The summed E-state index contributed by atoms with van der Waals surface area (Å²) in [4.78, 5) is 10.9. The van der Waals surface area contributed by atoms with E-state index in [0.717, 1.165) is 23.6 Å². The number of rotatable bonds is 7. The Labute approximate surface area is 189 Å². The topological polar surface area (TPSA) is 54.7 Å². The maximum absolute atomic E-state index is 5.94. The highest BCUT2D eigenvalue weighted by Crippen LogP contribution is 2.16. The lowest BCUT2D eigenvalue weighted by Crippen LogP contribution is -2.38. The van der Waals surface area contributed by atoms with Crippen LogP contribution in [-0.2, 0) is 26.7 Å². The number of nitrogens with one attached hydrogen (secondary N) is 1. The van der Waals surface area contributed by atoms with Crippen LogP contribution < -0.4 is 10.1 Å². The van der Waals surface area contributed by atoms with Crippen molar-refractivity contribution in [3.8, 4) is 5.88 Å². The van der Waals surface area contributed by atoms with E-state index in [1.165, 1.54) is 5.69 Å². The summed E-state index contributed by atoms with van der Waals surface area (Å²) in [6.45, 7) is 1.85. The van der Waals surface area contributed by atoms with E-state index >= 15 is 0 Å². The lowest BCUT2D eigenvalue weighted by molar-refractivity contribution is 0.290. The quantitative estimate of drug-likeness (QED) is 0.302. The molecule has 7 heteroatoms. The summed E-state index contributed by atoms with van der Waals surface area (Å²) in [5.74, 6) is 1.46. The van der Waals surface area contributed by atoms with Crippen molar-refractivity contribution in [2.75, 3.05) is 14.1 Å². The highest BCUT2D eigenvalue weighted by Gasteiger charge is 2.11. The van der Waals surface area contributed by atoms with E-state index in [1.807, 2.05) is 68.8 Å². The SMILES string of the molecule is CN=C(NCc1cccnc1OCc1ccccc1)N(C)Cc1cccn1C.I. The number of halogens is 1. The number of aromatic nitrogens is 2. The van der Waals surface area contributed by atoms with Gasteiger partial charge in [-0.3, -0.25) is 4.99 Å². The molecule has 154 valence electrons. The Morgan fingerprint density at radius 3 is 2.62 bits per heavy atom. The number of benzene rings is 1. The van der Waals surface area contributed by atoms with Gasteiger partial charge in [0.05, 0.1) is 6.54 Å². The van der Waals surface area contributed by atoms with E-state index in [1.54, 1.807) is 13.2 Å². The van der Waals surface area contributed by atoms with E-state index in [2.05, 4.69) is 30.8 Å². The highest BCUT2D eigenvalue weighted by atomic mass is 127. The second kappa shape index (κ2) is 11.5. The molecule has 1 N–H and O–H groups in total. The van der Waals surface area contributed by atoms with Crippen LogP contribution in [0.5, 0.6) is 5.88 Å². The molecule has 0 unspecified atom stereocenters. The third-order valence-corrected chi connectivity index (χ3v) is 4.53. The molecule has 0 aliphatic rings. The van der Waals surface area contributed by atoms with Gasteiger partial charge in [-0.15, -0.1) is 24.0 Å². The van der Waals surface area contributed by atoms with Gasteiger partial charge in [-0.1, -0.05) is 36.4 Å². The molecule has 1 aromatic carbocycles. The van der Waals surface area contributed by atoms with Crippen LogP contribution in [0.1, 0.15) is 16.8 Å². The Morgan fingerprint density at radius 2 is 1.93 bits per heavy atom. The van der Waals surface area contributed by atoms with Crippen LogP contribution >= 0.6 is 24.0 Å². The molecule has 0 saturated heterocycles. The van der Waals surface area contributed by atoms with Gasteiger partial charge in [0.2, 0.25) is 5.88 Å². The third-order valence-electron chi connectivity index (χ3n) is 4.53. The molecule has 0 saturated carbocycles. The summed E-state index contributed by atoms with van der Waals surface area (Å²) in [7, 11) is 5.86. The summed E-state index contributed by atoms with van der Waals surface area (Å²) in [5, 5.41) is 3.40. The average Bonchev–Trinajstić information content (AvgIpc) is 3.13. The number of hydrogen-bond donors (Lipinski definition) is 1. The number of pyridine rings is 1. The van der Waals surface area contributed by atoms with Crippen LogP contribution in [0.4, 0.5) is 0 Å². The van der Waals surface area contributed by atoms with Gasteiger partial charge in [0.25, 0.3) is 0 Å². The predicted octanol–water partition coefficient (Wildman–Crippen LogP) is 3.82. The molecule has 2 aromatic heterocycles. The van der Waals surface area contributed by atoms with Crippen LogP contribution in [0.15, 0.2) is 72.0 Å². The van der Waals surface area contributed by atoms with Crippen LogP contribution in [0.2, 0.25) is 0 Å². The van der Waals surface area contributed by atoms with Crippen molar-refractivity contribution in [2.24, 2.45) is 12.0 Å². The standard InChI is InChI=1S/C22H27N5O.HI/c1-23-22(27(3)16-20-12-8-14-26(20)2)25-15-19-11-7-13-24-21(19)28-17-18-9-5-4-6-10-18;/h4-14H,15-17H2,1-3H3,(H,23,25);1H. The lowest BCUT2D eigenvalue weighted by Gasteiger charge is -2.22. The molecule has 0 aliphatic carbocycles. The molecule has 2 heterocycles. The van der Waals surface area contributed by atoms with Crippen molar-refractivity contribution in [2.45, 2.75) is 19.7 Å². The van der Waals surface area contributed by atoms with E-state index in [0.29, 0.717) is 19.0 Å². The predicted molar refractivity (Wildman–Crippen MR) is 128 cm³/mol. The second-order valence-corrected chi connectivity index (χ2v) is 6.61. The number of nitrogens with zero attached hydrogens (tertiary/aromatic N) is 4. The monoisotopic (exact) mass is 505 g/mol. The Morgan fingerprint density at radius 1 is 1.14 bits per heavy atom. The van der Waals surface area contributed by atoms with Gasteiger partial charge in [0.15, 0.2) is 5.96 Å².